The molecule has 0 bridgehead atoms. The number of imide groups is 1. The molecule has 41 heavy (non-hydrogen) atoms. The van der Waals surface area contributed by atoms with Crippen LogP contribution in [-0.2, 0) is 28.6 Å². The number of benzene rings is 2. The van der Waals surface area contributed by atoms with Gasteiger partial charge in [-0.2, -0.15) is 0 Å². The Morgan fingerprint density at radius 1 is 0.976 bits per heavy atom. The highest BCUT2D eigenvalue weighted by atomic mass is 35.5. The fourth-order valence-corrected chi connectivity index (χ4v) is 5.16. The third-order valence-electron chi connectivity index (χ3n) is 6.23. The number of halogens is 2. The first kappa shape index (κ1) is 32.3. The molecule has 220 valence electrons. The van der Waals surface area contributed by atoms with Crippen LogP contribution in [0.25, 0.3) is 0 Å². The number of esters is 2. The number of rotatable bonds is 13. The lowest BCUT2D eigenvalue weighted by atomic mass is 9.90. The Kier molecular flexibility index (Phi) is 12.8. The molecule has 0 saturated heterocycles. The van der Waals surface area contributed by atoms with Crippen molar-refractivity contribution in [2.24, 2.45) is 0 Å². The average Bonchev–Trinajstić information content (AvgIpc) is 2.98. The van der Waals surface area contributed by atoms with Crippen LogP contribution in [0, 0.1) is 5.82 Å². The van der Waals surface area contributed by atoms with Crippen LogP contribution in [0.2, 0.25) is 5.02 Å². The van der Waals surface area contributed by atoms with Gasteiger partial charge in [0.1, 0.15) is 5.82 Å². The summed E-state index contributed by atoms with van der Waals surface area (Å²) in [5, 5.41) is 0.00856. The Hall–Kier alpha value is -3.21. The van der Waals surface area contributed by atoms with Crippen molar-refractivity contribution >= 4 is 52.8 Å². The van der Waals surface area contributed by atoms with E-state index in [9.17, 15) is 19.2 Å². The molecule has 0 saturated carbocycles. The minimum atomic E-state index is -0.917. The third-order valence-corrected chi connectivity index (χ3v) is 7.68. The number of hydrogen-bond donors (Lipinski definition) is 0. The third kappa shape index (κ3) is 8.89. The zero-order valence-electron chi connectivity index (χ0n) is 23.1. The maximum absolute atomic E-state index is 15.5. The Bertz CT molecular complexity index is 1290. The van der Waals surface area contributed by atoms with Gasteiger partial charge in [0.2, 0.25) is 0 Å². The van der Waals surface area contributed by atoms with Gasteiger partial charge in [0.15, 0.2) is 6.79 Å². The zero-order chi connectivity index (χ0) is 29.8. The van der Waals surface area contributed by atoms with Gasteiger partial charge >= 0.3 is 11.9 Å². The molecule has 1 aliphatic rings. The Labute approximate surface area is 248 Å². The van der Waals surface area contributed by atoms with E-state index in [1.807, 2.05) is 6.92 Å². The fraction of sp³-hybridized carbons (Fsp3) is 0.400. The number of carbonyl (C=O) groups excluding carboxylic acids is 4. The number of hydrogen-bond acceptors (Lipinski definition) is 8. The van der Waals surface area contributed by atoms with E-state index in [-0.39, 0.29) is 64.3 Å². The van der Waals surface area contributed by atoms with Gasteiger partial charge in [-0.1, -0.05) is 43.1 Å². The number of thioether (sulfide) groups is 1. The van der Waals surface area contributed by atoms with Gasteiger partial charge in [-0.25, -0.2) is 14.1 Å². The van der Waals surface area contributed by atoms with E-state index < -0.39 is 29.6 Å². The van der Waals surface area contributed by atoms with E-state index in [0.29, 0.717) is 19.4 Å². The van der Waals surface area contributed by atoms with E-state index in [1.165, 1.54) is 18.2 Å². The van der Waals surface area contributed by atoms with Gasteiger partial charge in [0.25, 0.3) is 11.8 Å². The van der Waals surface area contributed by atoms with Crippen molar-refractivity contribution in [1.29, 1.82) is 0 Å². The van der Waals surface area contributed by atoms with Gasteiger partial charge in [0.05, 0.1) is 23.1 Å². The molecule has 0 aromatic heterocycles. The molecule has 8 nitrogen and oxygen atoms in total. The standard InChI is InChI=1S/C30H33ClFNO7S/c1-3-5-15-39-27(34)18-41-26-17-25(24(32)16-23(26)31)33(28(35)20-11-7-6-8-12-20)29(36)21-13-9-10-14-22(21)30(37)40-19-38-4-2/h6-8,11-12,16-17H,3-5,9-10,13-15,18-19H2,1-2H3. The summed E-state index contributed by atoms with van der Waals surface area (Å²) in [7, 11) is 0. The lowest BCUT2D eigenvalue weighted by Crippen LogP contribution is -2.40. The number of unbranched alkanes of at least 4 members (excludes halogenated alkanes) is 1. The van der Waals surface area contributed by atoms with Crippen molar-refractivity contribution in [3.8, 4) is 0 Å². The van der Waals surface area contributed by atoms with Crippen molar-refractivity contribution in [1.82, 2.24) is 0 Å². The topological polar surface area (TPSA) is 99.2 Å². The summed E-state index contributed by atoms with van der Waals surface area (Å²) in [6, 6.07) is 10.2. The number of carbonyl (C=O) groups is 4. The van der Waals surface area contributed by atoms with Crippen molar-refractivity contribution in [3.63, 3.8) is 0 Å². The molecule has 1 aliphatic carbocycles. The molecule has 11 heteroatoms. The fourth-order valence-electron chi connectivity index (χ4n) is 4.10. The molecule has 0 spiro atoms. The zero-order valence-corrected chi connectivity index (χ0v) is 24.7. The molecule has 2 aromatic carbocycles. The molecule has 2 amide bonds. The average molecular weight is 606 g/mol. The summed E-state index contributed by atoms with van der Waals surface area (Å²) in [4.78, 5) is 53.8. The van der Waals surface area contributed by atoms with Crippen LogP contribution in [0.1, 0.15) is 62.7 Å². The first-order valence-corrected chi connectivity index (χ1v) is 14.8. The van der Waals surface area contributed by atoms with Gasteiger partial charge in [-0.3, -0.25) is 14.4 Å². The van der Waals surface area contributed by atoms with E-state index in [0.717, 1.165) is 35.6 Å². The number of amides is 2. The van der Waals surface area contributed by atoms with E-state index in [2.05, 4.69) is 0 Å². The summed E-state index contributed by atoms with van der Waals surface area (Å²) in [5.74, 6) is -3.83. The summed E-state index contributed by atoms with van der Waals surface area (Å²) in [5.41, 5.74) is -0.00769. The van der Waals surface area contributed by atoms with Crippen LogP contribution >= 0.6 is 23.4 Å². The Morgan fingerprint density at radius 3 is 2.37 bits per heavy atom. The lowest BCUT2D eigenvalue weighted by Gasteiger charge is -2.26. The predicted molar refractivity (Wildman–Crippen MR) is 154 cm³/mol. The highest BCUT2D eigenvalue weighted by molar-refractivity contribution is 8.00. The Balaban J connectivity index is 2.02. The van der Waals surface area contributed by atoms with Crippen LogP contribution < -0.4 is 4.90 Å². The molecule has 0 unspecified atom stereocenters. The van der Waals surface area contributed by atoms with Crippen molar-refractivity contribution in [2.75, 3.05) is 30.7 Å². The molecular formula is C30H33ClFNO7S. The van der Waals surface area contributed by atoms with Crippen LogP contribution in [0.5, 0.6) is 0 Å². The molecule has 0 N–H and O–H groups in total. The number of nitrogens with zero attached hydrogens (tertiary/aromatic N) is 1. The molecule has 3 rings (SSSR count). The van der Waals surface area contributed by atoms with E-state index >= 15 is 4.39 Å². The van der Waals surface area contributed by atoms with Crippen molar-refractivity contribution in [3.05, 3.63) is 70.0 Å². The van der Waals surface area contributed by atoms with E-state index in [1.54, 1.807) is 25.1 Å². The number of ether oxygens (including phenoxy) is 3. The summed E-state index contributed by atoms with van der Waals surface area (Å²) in [6.07, 6.45) is 3.32. The number of anilines is 1. The SMILES string of the molecule is CCCCOC(=O)CSc1cc(N(C(=O)C2=C(C(=O)OCOCC)CCCC2)C(=O)c2ccccc2)c(F)cc1Cl. The molecule has 0 aliphatic heterocycles. The second-order valence-corrected chi connectivity index (χ2v) is 10.5. The largest absolute Gasteiger partial charge is 0.465 e. The molecule has 0 fully saturated rings. The van der Waals surface area contributed by atoms with Crippen LogP contribution in [0.4, 0.5) is 10.1 Å². The minimum Gasteiger partial charge on any atom is -0.465 e. The van der Waals surface area contributed by atoms with Crippen molar-refractivity contribution in [2.45, 2.75) is 57.3 Å². The molecular weight excluding hydrogens is 573 g/mol. The maximum atomic E-state index is 15.5. The first-order valence-electron chi connectivity index (χ1n) is 13.5. The lowest BCUT2D eigenvalue weighted by molar-refractivity contribution is -0.151. The molecule has 0 heterocycles. The van der Waals surface area contributed by atoms with E-state index in [4.69, 9.17) is 25.8 Å². The smallest absolute Gasteiger partial charge is 0.336 e. The quantitative estimate of drug-likeness (QED) is 0.0839. The van der Waals surface area contributed by atoms with Crippen molar-refractivity contribution < 1.29 is 37.8 Å². The molecule has 0 atom stereocenters. The molecule has 0 radical (unpaired) electrons. The second-order valence-electron chi connectivity index (χ2n) is 9.12. The summed E-state index contributed by atoms with van der Waals surface area (Å²) in [6.45, 7) is 4.07. The first-order chi connectivity index (χ1) is 19.8. The van der Waals surface area contributed by atoms with Gasteiger partial charge in [0, 0.05) is 28.2 Å². The van der Waals surface area contributed by atoms with Gasteiger partial charge in [-0.05, 0) is 63.3 Å². The Morgan fingerprint density at radius 2 is 1.68 bits per heavy atom. The normalized spacial score (nSPS) is 13.1. The maximum Gasteiger partial charge on any atom is 0.336 e. The monoisotopic (exact) mass is 605 g/mol. The molecule has 2 aromatic rings. The second kappa shape index (κ2) is 16.3. The van der Waals surface area contributed by atoms with Gasteiger partial charge < -0.3 is 14.2 Å². The predicted octanol–water partition coefficient (Wildman–Crippen LogP) is 6.50. The minimum absolute atomic E-state index is 0.00856. The summed E-state index contributed by atoms with van der Waals surface area (Å²) >= 11 is 7.29. The highest BCUT2D eigenvalue weighted by Gasteiger charge is 2.34. The highest BCUT2D eigenvalue weighted by Crippen LogP contribution is 2.36. The van der Waals surface area contributed by atoms with Crippen LogP contribution in [0.15, 0.2) is 58.5 Å². The van der Waals surface area contributed by atoms with Gasteiger partial charge in [-0.15, -0.1) is 11.8 Å². The summed E-state index contributed by atoms with van der Waals surface area (Å²) < 4.78 is 30.9. The van der Waals surface area contributed by atoms with Crippen LogP contribution in [-0.4, -0.2) is 49.5 Å². The van der Waals surface area contributed by atoms with Crippen LogP contribution in [0.3, 0.4) is 0 Å².